The fourth-order valence-electron chi connectivity index (χ4n) is 2.03. The van der Waals surface area contributed by atoms with Gasteiger partial charge >= 0.3 is 0 Å². The summed E-state index contributed by atoms with van der Waals surface area (Å²) in [4.78, 5) is 4.47. The Bertz CT molecular complexity index is 404. The van der Waals surface area contributed by atoms with Crippen LogP contribution in [-0.2, 0) is 0 Å². The van der Waals surface area contributed by atoms with Crippen molar-refractivity contribution in [1.82, 2.24) is 9.55 Å². The van der Waals surface area contributed by atoms with Crippen LogP contribution in [0.15, 0.2) is 12.3 Å². The van der Waals surface area contributed by atoms with Crippen LogP contribution in [0.25, 0.3) is 5.57 Å². The number of aromatic nitrogens is 2. The number of aryl methyl sites for hydroxylation is 1. The lowest BCUT2D eigenvalue weighted by Gasteiger charge is -2.26. The fraction of sp³-hybridized carbons (Fsp3) is 0.583. The van der Waals surface area contributed by atoms with E-state index >= 15 is 0 Å². The number of halogens is 1. The second-order valence-electron chi connectivity index (χ2n) is 4.57. The van der Waals surface area contributed by atoms with Crippen molar-refractivity contribution in [3.8, 4) is 0 Å². The van der Waals surface area contributed by atoms with Crippen LogP contribution in [-0.4, -0.2) is 15.7 Å². The molecule has 0 aromatic carbocycles. The van der Waals surface area contributed by atoms with E-state index in [1.807, 2.05) is 24.6 Å². The largest absolute Gasteiger partial charge is 0.325 e. The highest BCUT2D eigenvalue weighted by atomic mass is 19.1. The molecule has 2 unspecified atom stereocenters. The maximum atomic E-state index is 13.8. The first kappa shape index (κ1) is 10.4. The summed E-state index contributed by atoms with van der Waals surface area (Å²) in [6.07, 6.45) is 2.75. The van der Waals surface area contributed by atoms with Crippen molar-refractivity contribution in [1.29, 1.82) is 0 Å². The minimum Gasteiger partial charge on any atom is -0.325 e. The van der Waals surface area contributed by atoms with Crippen LogP contribution in [0.3, 0.4) is 0 Å². The van der Waals surface area contributed by atoms with Gasteiger partial charge in [-0.1, -0.05) is 13.8 Å². The van der Waals surface area contributed by atoms with Gasteiger partial charge in [0.25, 0.3) is 0 Å². The smallest absolute Gasteiger partial charge is 0.139 e. The van der Waals surface area contributed by atoms with Gasteiger partial charge < -0.3 is 4.57 Å². The molecule has 0 radical (unpaired) electrons. The van der Waals surface area contributed by atoms with Crippen molar-refractivity contribution in [2.75, 3.05) is 0 Å². The summed E-state index contributed by atoms with van der Waals surface area (Å²) < 4.78 is 15.7. The monoisotopic (exact) mass is 208 g/mol. The summed E-state index contributed by atoms with van der Waals surface area (Å²) in [5.74, 6) is 1.25. The Morgan fingerprint density at radius 1 is 1.47 bits per heavy atom. The molecule has 15 heavy (non-hydrogen) atoms. The molecular weight excluding hydrogens is 191 g/mol. The second-order valence-corrected chi connectivity index (χ2v) is 4.57. The van der Waals surface area contributed by atoms with Gasteiger partial charge in [0.1, 0.15) is 12.0 Å². The van der Waals surface area contributed by atoms with Gasteiger partial charge in [-0.25, -0.2) is 9.37 Å². The summed E-state index contributed by atoms with van der Waals surface area (Å²) in [6, 6.07) is -0.135. The SMILES string of the molecule is Cc1cn2c(n1)C(C(C)C)=CC(F)C2C. The van der Waals surface area contributed by atoms with Crippen LogP contribution in [0.1, 0.15) is 38.3 Å². The van der Waals surface area contributed by atoms with Crippen LogP contribution >= 0.6 is 0 Å². The maximum Gasteiger partial charge on any atom is 0.139 e. The Labute approximate surface area is 89.8 Å². The van der Waals surface area contributed by atoms with Gasteiger partial charge in [-0.05, 0) is 31.4 Å². The van der Waals surface area contributed by atoms with Crippen LogP contribution < -0.4 is 0 Å². The average Bonchev–Trinajstić information content (AvgIpc) is 2.53. The highest BCUT2D eigenvalue weighted by Crippen LogP contribution is 2.33. The van der Waals surface area contributed by atoms with E-state index in [0.29, 0.717) is 5.92 Å². The predicted octanol–water partition coefficient (Wildman–Crippen LogP) is 3.14. The number of imidazole rings is 1. The number of hydrogen-bond acceptors (Lipinski definition) is 1. The molecule has 1 aromatic heterocycles. The number of hydrogen-bond donors (Lipinski definition) is 0. The molecule has 3 heteroatoms. The highest BCUT2D eigenvalue weighted by Gasteiger charge is 2.28. The lowest BCUT2D eigenvalue weighted by molar-refractivity contribution is 0.287. The quantitative estimate of drug-likeness (QED) is 0.693. The number of allylic oxidation sites excluding steroid dienone is 2. The van der Waals surface area contributed by atoms with Gasteiger partial charge in [0, 0.05) is 6.20 Å². The molecule has 82 valence electrons. The van der Waals surface area contributed by atoms with Gasteiger partial charge in [-0.3, -0.25) is 0 Å². The summed E-state index contributed by atoms with van der Waals surface area (Å²) >= 11 is 0. The molecule has 0 N–H and O–H groups in total. The molecule has 2 atom stereocenters. The van der Waals surface area contributed by atoms with E-state index in [0.717, 1.165) is 17.1 Å². The Hall–Kier alpha value is -1.12. The zero-order valence-corrected chi connectivity index (χ0v) is 9.66. The standard InChI is InChI=1S/C12H17FN2/c1-7(2)10-5-11(13)9(4)15-6-8(3)14-12(10)15/h5-7,9,11H,1-4H3. The molecule has 0 amide bonds. The molecule has 1 aliphatic rings. The summed E-state index contributed by atoms with van der Waals surface area (Å²) in [7, 11) is 0. The minimum atomic E-state index is -0.900. The molecule has 0 bridgehead atoms. The lowest BCUT2D eigenvalue weighted by atomic mass is 9.96. The number of alkyl halides is 1. The van der Waals surface area contributed by atoms with Crippen LogP contribution in [0.5, 0.6) is 0 Å². The molecule has 2 rings (SSSR count). The van der Waals surface area contributed by atoms with Crippen molar-refractivity contribution >= 4 is 5.57 Å². The normalized spacial score (nSPS) is 25.3. The zero-order chi connectivity index (χ0) is 11.2. The first-order chi connectivity index (χ1) is 7.00. The molecule has 0 aliphatic carbocycles. The van der Waals surface area contributed by atoms with Gasteiger partial charge in [0.05, 0.1) is 11.7 Å². The predicted molar refractivity (Wildman–Crippen MR) is 59.4 cm³/mol. The van der Waals surface area contributed by atoms with E-state index in [9.17, 15) is 4.39 Å². The molecule has 0 spiro atoms. The third-order valence-corrected chi connectivity index (χ3v) is 2.97. The van der Waals surface area contributed by atoms with Gasteiger partial charge in [-0.15, -0.1) is 0 Å². The van der Waals surface area contributed by atoms with Crippen molar-refractivity contribution in [2.45, 2.75) is 39.9 Å². The molecule has 0 saturated carbocycles. The minimum absolute atomic E-state index is 0.135. The summed E-state index contributed by atoms with van der Waals surface area (Å²) in [6.45, 7) is 7.98. The van der Waals surface area contributed by atoms with Gasteiger partial charge in [-0.2, -0.15) is 0 Å². The first-order valence-corrected chi connectivity index (χ1v) is 5.42. The van der Waals surface area contributed by atoms with Crippen LogP contribution in [0, 0.1) is 12.8 Å². The average molecular weight is 208 g/mol. The highest BCUT2D eigenvalue weighted by molar-refractivity contribution is 5.64. The van der Waals surface area contributed by atoms with Gasteiger partial charge in [0.2, 0.25) is 0 Å². The van der Waals surface area contributed by atoms with Gasteiger partial charge in [0.15, 0.2) is 0 Å². The molecule has 2 heterocycles. The van der Waals surface area contributed by atoms with E-state index in [1.54, 1.807) is 6.08 Å². The van der Waals surface area contributed by atoms with Crippen molar-refractivity contribution in [3.63, 3.8) is 0 Å². The Morgan fingerprint density at radius 3 is 2.73 bits per heavy atom. The van der Waals surface area contributed by atoms with E-state index in [-0.39, 0.29) is 6.04 Å². The van der Waals surface area contributed by atoms with E-state index in [4.69, 9.17) is 0 Å². The maximum absolute atomic E-state index is 13.8. The number of fused-ring (bicyclic) bond motifs is 1. The first-order valence-electron chi connectivity index (χ1n) is 5.42. The van der Waals surface area contributed by atoms with Crippen molar-refractivity contribution < 1.29 is 4.39 Å². The summed E-state index contributed by atoms with van der Waals surface area (Å²) in [5.41, 5.74) is 1.98. The molecular formula is C12H17FN2. The van der Waals surface area contributed by atoms with Crippen molar-refractivity contribution in [3.05, 3.63) is 23.8 Å². The van der Waals surface area contributed by atoms with Crippen LogP contribution in [0.4, 0.5) is 4.39 Å². The molecule has 1 aliphatic heterocycles. The van der Waals surface area contributed by atoms with Crippen molar-refractivity contribution in [2.24, 2.45) is 5.92 Å². The fourth-order valence-corrected chi connectivity index (χ4v) is 2.03. The van der Waals surface area contributed by atoms with E-state index in [2.05, 4.69) is 18.8 Å². The molecule has 0 fully saturated rings. The van der Waals surface area contributed by atoms with Crippen LogP contribution in [0.2, 0.25) is 0 Å². The second kappa shape index (κ2) is 3.47. The van der Waals surface area contributed by atoms with E-state index < -0.39 is 6.17 Å². The van der Waals surface area contributed by atoms with E-state index in [1.165, 1.54) is 0 Å². The Balaban J connectivity index is 2.55. The topological polar surface area (TPSA) is 17.8 Å². The molecule has 1 aromatic rings. The zero-order valence-electron chi connectivity index (χ0n) is 9.66. The third kappa shape index (κ3) is 1.60. The Morgan fingerprint density at radius 2 is 2.13 bits per heavy atom. The molecule has 0 saturated heterocycles. The number of nitrogens with zero attached hydrogens (tertiary/aromatic N) is 2. The Kier molecular flexibility index (Phi) is 2.41. The lowest BCUT2D eigenvalue weighted by Crippen LogP contribution is -2.23. The third-order valence-electron chi connectivity index (χ3n) is 2.97. The summed E-state index contributed by atoms with van der Waals surface area (Å²) in [5, 5.41) is 0. The molecule has 2 nitrogen and oxygen atoms in total. The number of rotatable bonds is 1.